The quantitative estimate of drug-likeness (QED) is 0.802. The van der Waals surface area contributed by atoms with Gasteiger partial charge in [0.15, 0.2) is 0 Å². The van der Waals surface area contributed by atoms with Crippen molar-refractivity contribution in [2.45, 2.75) is 13.0 Å². The predicted molar refractivity (Wildman–Crippen MR) is 63.2 cm³/mol. The van der Waals surface area contributed by atoms with Crippen molar-refractivity contribution in [3.63, 3.8) is 0 Å². The largest absolute Gasteiger partial charge is 0.312 e. The van der Waals surface area contributed by atoms with Crippen LogP contribution in [0.4, 0.5) is 4.39 Å². The number of aromatic nitrogens is 3. The van der Waals surface area contributed by atoms with Crippen molar-refractivity contribution < 1.29 is 4.39 Å². The first-order valence-electron chi connectivity index (χ1n) is 5.24. The molecule has 90 valence electrons. The number of rotatable bonds is 5. The lowest BCUT2D eigenvalue weighted by molar-refractivity contribution is 0.619. The fourth-order valence-corrected chi connectivity index (χ4v) is 1.56. The number of halogens is 2. The second kappa shape index (κ2) is 5.75. The van der Waals surface area contributed by atoms with Gasteiger partial charge in [0.25, 0.3) is 0 Å². The van der Waals surface area contributed by atoms with Crippen LogP contribution in [0.5, 0.6) is 0 Å². The maximum atomic E-state index is 13.1. The first-order chi connectivity index (χ1) is 8.25. The van der Waals surface area contributed by atoms with E-state index in [0.29, 0.717) is 6.54 Å². The van der Waals surface area contributed by atoms with E-state index in [1.54, 1.807) is 12.1 Å². The number of hydrogen-bond donors (Lipinski definition) is 2. The van der Waals surface area contributed by atoms with E-state index in [0.717, 1.165) is 24.4 Å². The fourth-order valence-electron chi connectivity index (χ4n) is 1.44. The molecule has 2 rings (SSSR count). The Hall–Kier alpha value is -1.46. The number of H-pyrrole nitrogens is 1. The standard InChI is InChI=1S/C11H12ClFN4/c12-9-2-1-8(5-10(9)13)6-14-4-3-11-15-7-16-17-11/h1-2,5,7,14H,3-4,6H2,(H,15,16,17). The molecule has 1 heterocycles. The second-order valence-electron chi connectivity index (χ2n) is 3.61. The van der Waals surface area contributed by atoms with Gasteiger partial charge in [-0.1, -0.05) is 17.7 Å². The van der Waals surface area contributed by atoms with E-state index >= 15 is 0 Å². The highest BCUT2D eigenvalue weighted by Gasteiger charge is 2.01. The van der Waals surface area contributed by atoms with E-state index < -0.39 is 0 Å². The molecule has 0 fully saturated rings. The molecule has 0 unspecified atom stereocenters. The molecule has 2 N–H and O–H groups in total. The molecule has 1 aromatic heterocycles. The van der Waals surface area contributed by atoms with Crippen LogP contribution in [0.25, 0.3) is 0 Å². The summed E-state index contributed by atoms with van der Waals surface area (Å²) >= 11 is 5.59. The molecule has 6 heteroatoms. The molecule has 17 heavy (non-hydrogen) atoms. The summed E-state index contributed by atoms with van der Waals surface area (Å²) in [6, 6.07) is 4.79. The van der Waals surface area contributed by atoms with Crippen LogP contribution in [-0.2, 0) is 13.0 Å². The van der Waals surface area contributed by atoms with Crippen LogP contribution >= 0.6 is 11.6 Å². The average Bonchev–Trinajstić information content (AvgIpc) is 2.82. The molecule has 0 bridgehead atoms. The Balaban J connectivity index is 1.76. The van der Waals surface area contributed by atoms with E-state index in [4.69, 9.17) is 11.6 Å². The maximum absolute atomic E-state index is 13.1. The van der Waals surface area contributed by atoms with E-state index in [-0.39, 0.29) is 10.8 Å². The van der Waals surface area contributed by atoms with Gasteiger partial charge in [-0.25, -0.2) is 9.37 Å². The molecule has 0 saturated carbocycles. The van der Waals surface area contributed by atoms with Gasteiger partial charge in [-0.2, -0.15) is 5.10 Å². The zero-order chi connectivity index (χ0) is 12.1. The minimum atomic E-state index is -0.388. The third kappa shape index (κ3) is 3.51. The van der Waals surface area contributed by atoms with Gasteiger partial charge < -0.3 is 5.32 Å². The highest BCUT2D eigenvalue weighted by molar-refractivity contribution is 6.30. The van der Waals surface area contributed by atoms with Crippen molar-refractivity contribution in [2.24, 2.45) is 0 Å². The Morgan fingerprint density at radius 1 is 1.41 bits per heavy atom. The Labute approximate surface area is 103 Å². The Morgan fingerprint density at radius 2 is 2.29 bits per heavy atom. The number of benzene rings is 1. The first-order valence-corrected chi connectivity index (χ1v) is 5.62. The van der Waals surface area contributed by atoms with Crippen LogP contribution in [0.2, 0.25) is 5.02 Å². The van der Waals surface area contributed by atoms with Gasteiger partial charge in [0.1, 0.15) is 18.0 Å². The van der Waals surface area contributed by atoms with E-state index in [9.17, 15) is 4.39 Å². The molecule has 0 amide bonds. The molecule has 0 saturated heterocycles. The third-order valence-corrected chi connectivity index (χ3v) is 2.62. The van der Waals surface area contributed by atoms with Crippen LogP contribution in [0, 0.1) is 5.82 Å². The summed E-state index contributed by atoms with van der Waals surface area (Å²) in [5.74, 6) is 0.445. The van der Waals surface area contributed by atoms with Gasteiger partial charge >= 0.3 is 0 Å². The van der Waals surface area contributed by atoms with Gasteiger partial charge in [0, 0.05) is 19.5 Å². The van der Waals surface area contributed by atoms with Gasteiger partial charge in [0.05, 0.1) is 5.02 Å². The van der Waals surface area contributed by atoms with Crippen molar-refractivity contribution in [3.8, 4) is 0 Å². The van der Waals surface area contributed by atoms with E-state index in [1.807, 2.05) is 0 Å². The maximum Gasteiger partial charge on any atom is 0.142 e. The summed E-state index contributed by atoms with van der Waals surface area (Å²) in [7, 11) is 0. The predicted octanol–water partition coefficient (Wildman–Crippen LogP) is 1.93. The van der Waals surface area contributed by atoms with Crippen LogP contribution in [0.15, 0.2) is 24.5 Å². The second-order valence-corrected chi connectivity index (χ2v) is 4.01. The average molecular weight is 255 g/mol. The number of aromatic amines is 1. The summed E-state index contributed by atoms with van der Waals surface area (Å²) in [5, 5.41) is 9.86. The van der Waals surface area contributed by atoms with E-state index in [1.165, 1.54) is 12.4 Å². The minimum absolute atomic E-state index is 0.149. The van der Waals surface area contributed by atoms with Gasteiger partial charge in [-0.05, 0) is 17.7 Å². The lowest BCUT2D eigenvalue weighted by Gasteiger charge is -2.04. The highest BCUT2D eigenvalue weighted by atomic mass is 35.5. The van der Waals surface area contributed by atoms with Gasteiger partial charge in [0.2, 0.25) is 0 Å². The summed E-state index contributed by atoms with van der Waals surface area (Å²) in [6.07, 6.45) is 2.24. The molecule has 0 radical (unpaired) electrons. The Kier molecular flexibility index (Phi) is 4.06. The van der Waals surface area contributed by atoms with Crippen molar-refractivity contribution in [1.29, 1.82) is 0 Å². The molecular formula is C11H12ClFN4. The molecule has 0 spiro atoms. The molecule has 4 nitrogen and oxygen atoms in total. The Morgan fingerprint density at radius 3 is 3.00 bits per heavy atom. The van der Waals surface area contributed by atoms with Crippen LogP contribution in [-0.4, -0.2) is 21.7 Å². The molecule has 1 aromatic carbocycles. The summed E-state index contributed by atoms with van der Waals surface area (Å²) in [5.41, 5.74) is 0.865. The van der Waals surface area contributed by atoms with Crippen molar-refractivity contribution in [2.75, 3.05) is 6.54 Å². The topological polar surface area (TPSA) is 53.6 Å². The SMILES string of the molecule is Fc1cc(CNCCc2ncn[nH]2)ccc1Cl. The summed E-state index contributed by atoms with van der Waals surface area (Å²) in [6.45, 7) is 1.35. The summed E-state index contributed by atoms with van der Waals surface area (Å²) < 4.78 is 13.1. The molecule has 0 aliphatic rings. The lowest BCUT2D eigenvalue weighted by Crippen LogP contribution is -2.17. The number of nitrogens with one attached hydrogen (secondary N) is 2. The molecule has 0 aliphatic carbocycles. The number of nitrogens with zero attached hydrogens (tertiary/aromatic N) is 2. The number of hydrogen-bond acceptors (Lipinski definition) is 3. The zero-order valence-corrected chi connectivity index (χ0v) is 9.84. The fraction of sp³-hybridized carbons (Fsp3) is 0.273. The lowest BCUT2D eigenvalue weighted by atomic mass is 10.2. The Bertz CT molecular complexity index is 472. The molecule has 2 aromatic rings. The van der Waals surface area contributed by atoms with Crippen molar-refractivity contribution >= 4 is 11.6 Å². The minimum Gasteiger partial charge on any atom is -0.312 e. The van der Waals surface area contributed by atoms with Crippen molar-refractivity contribution in [1.82, 2.24) is 20.5 Å². The van der Waals surface area contributed by atoms with Crippen LogP contribution < -0.4 is 5.32 Å². The van der Waals surface area contributed by atoms with Crippen LogP contribution in [0.1, 0.15) is 11.4 Å². The monoisotopic (exact) mass is 254 g/mol. The normalized spacial score (nSPS) is 10.7. The molecule has 0 aliphatic heterocycles. The smallest absolute Gasteiger partial charge is 0.142 e. The van der Waals surface area contributed by atoms with Crippen molar-refractivity contribution in [3.05, 3.63) is 46.8 Å². The summed E-state index contributed by atoms with van der Waals surface area (Å²) in [4.78, 5) is 4.00. The molecule has 0 atom stereocenters. The zero-order valence-electron chi connectivity index (χ0n) is 9.08. The van der Waals surface area contributed by atoms with Gasteiger partial charge in [-0.3, -0.25) is 5.10 Å². The van der Waals surface area contributed by atoms with Crippen LogP contribution in [0.3, 0.4) is 0 Å². The van der Waals surface area contributed by atoms with Gasteiger partial charge in [-0.15, -0.1) is 0 Å². The van der Waals surface area contributed by atoms with E-state index in [2.05, 4.69) is 20.5 Å². The molecular weight excluding hydrogens is 243 g/mol. The highest BCUT2D eigenvalue weighted by Crippen LogP contribution is 2.15. The first kappa shape index (κ1) is 12.0. The third-order valence-electron chi connectivity index (χ3n) is 2.32.